The molecule has 18 heavy (non-hydrogen) atoms. The summed E-state index contributed by atoms with van der Waals surface area (Å²) >= 11 is 0. The molecule has 1 unspecified atom stereocenters. The van der Waals surface area contributed by atoms with Crippen molar-refractivity contribution >= 4 is 11.6 Å². The lowest BCUT2D eigenvalue weighted by molar-refractivity contribution is -0.117. The molecule has 0 aliphatic heterocycles. The van der Waals surface area contributed by atoms with Gasteiger partial charge in [-0.25, -0.2) is 0 Å². The quantitative estimate of drug-likeness (QED) is 0.781. The topological polar surface area (TPSA) is 64.3 Å². The van der Waals surface area contributed by atoms with Crippen LogP contribution in [0.1, 0.15) is 26.7 Å². The molecule has 3 N–H and O–H groups in total. The van der Waals surface area contributed by atoms with Crippen LogP contribution >= 0.6 is 0 Å². The van der Waals surface area contributed by atoms with Crippen LogP contribution in [0.4, 0.5) is 5.69 Å². The Morgan fingerprint density at radius 1 is 1.39 bits per heavy atom. The fourth-order valence-corrected chi connectivity index (χ4v) is 1.48. The fourth-order valence-electron chi connectivity index (χ4n) is 1.48. The Morgan fingerprint density at radius 3 is 2.61 bits per heavy atom. The van der Waals surface area contributed by atoms with Crippen molar-refractivity contribution in [2.75, 3.05) is 18.5 Å². The number of ether oxygens (including phenoxy) is 1. The van der Waals surface area contributed by atoms with Crippen LogP contribution < -0.4 is 15.8 Å². The van der Waals surface area contributed by atoms with Gasteiger partial charge in [-0.3, -0.25) is 4.79 Å². The number of carbonyl (C=O) groups excluding carboxylic acids is 1. The Kier molecular flexibility index (Phi) is 6.22. The maximum absolute atomic E-state index is 11.7. The van der Waals surface area contributed by atoms with Gasteiger partial charge in [-0.1, -0.05) is 20.3 Å². The summed E-state index contributed by atoms with van der Waals surface area (Å²) in [6.07, 6.45) is 1.57. The average Bonchev–Trinajstić information content (AvgIpc) is 2.37. The van der Waals surface area contributed by atoms with Gasteiger partial charge in [0.15, 0.2) is 0 Å². The van der Waals surface area contributed by atoms with Gasteiger partial charge in [0.2, 0.25) is 5.91 Å². The largest absolute Gasteiger partial charge is 0.492 e. The predicted molar refractivity (Wildman–Crippen MR) is 73.7 cm³/mol. The Hall–Kier alpha value is -1.55. The first-order chi connectivity index (χ1) is 8.65. The molecular weight excluding hydrogens is 228 g/mol. The number of hydrogen-bond donors (Lipinski definition) is 2. The van der Waals surface area contributed by atoms with Gasteiger partial charge in [0.25, 0.3) is 0 Å². The van der Waals surface area contributed by atoms with E-state index in [1.807, 2.05) is 24.3 Å². The number of amides is 1. The van der Waals surface area contributed by atoms with Crippen LogP contribution in [0, 0.1) is 5.92 Å². The van der Waals surface area contributed by atoms with Crippen LogP contribution in [0.5, 0.6) is 5.75 Å². The van der Waals surface area contributed by atoms with Crippen molar-refractivity contribution in [3.63, 3.8) is 0 Å². The van der Waals surface area contributed by atoms with Crippen LogP contribution in [0.2, 0.25) is 0 Å². The maximum atomic E-state index is 11.7. The summed E-state index contributed by atoms with van der Waals surface area (Å²) in [6, 6.07) is 7.32. The minimum Gasteiger partial charge on any atom is -0.492 e. The van der Waals surface area contributed by atoms with E-state index in [1.54, 1.807) is 0 Å². The molecule has 0 fully saturated rings. The third kappa shape index (κ3) is 5.19. The van der Waals surface area contributed by atoms with E-state index in [2.05, 4.69) is 19.2 Å². The molecule has 0 saturated heterocycles. The molecule has 1 atom stereocenters. The lowest BCUT2D eigenvalue weighted by Gasteiger charge is -2.10. The van der Waals surface area contributed by atoms with Crippen LogP contribution in [0.25, 0.3) is 0 Å². The van der Waals surface area contributed by atoms with Crippen LogP contribution in [-0.4, -0.2) is 19.1 Å². The van der Waals surface area contributed by atoms with Gasteiger partial charge in [-0.2, -0.15) is 0 Å². The molecule has 0 saturated carbocycles. The highest BCUT2D eigenvalue weighted by atomic mass is 16.5. The summed E-state index contributed by atoms with van der Waals surface area (Å²) in [5, 5.41) is 2.87. The minimum absolute atomic E-state index is 0.0555. The SMILES string of the molecule is CCC(C)CC(=O)Nc1ccc(OCCN)cc1. The Labute approximate surface area is 109 Å². The van der Waals surface area contributed by atoms with Crippen molar-refractivity contribution in [3.8, 4) is 5.75 Å². The molecule has 1 rings (SSSR count). The van der Waals surface area contributed by atoms with Gasteiger partial charge in [0, 0.05) is 18.7 Å². The third-order valence-corrected chi connectivity index (χ3v) is 2.76. The molecule has 0 aliphatic rings. The second kappa shape index (κ2) is 7.71. The zero-order valence-corrected chi connectivity index (χ0v) is 11.1. The van der Waals surface area contributed by atoms with Crippen molar-refractivity contribution in [2.45, 2.75) is 26.7 Å². The minimum atomic E-state index is 0.0555. The smallest absolute Gasteiger partial charge is 0.224 e. The van der Waals surface area contributed by atoms with Crippen molar-refractivity contribution in [1.82, 2.24) is 0 Å². The number of carbonyl (C=O) groups is 1. The molecule has 1 amide bonds. The number of nitrogens with one attached hydrogen (secondary N) is 1. The Morgan fingerprint density at radius 2 is 2.06 bits per heavy atom. The van der Waals surface area contributed by atoms with E-state index in [4.69, 9.17) is 10.5 Å². The average molecular weight is 250 g/mol. The highest BCUT2D eigenvalue weighted by Crippen LogP contribution is 2.16. The van der Waals surface area contributed by atoms with E-state index in [9.17, 15) is 4.79 Å². The van der Waals surface area contributed by atoms with Gasteiger partial charge < -0.3 is 15.8 Å². The maximum Gasteiger partial charge on any atom is 0.224 e. The monoisotopic (exact) mass is 250 g/mol. The highest BCUT2D eigenvalue weighted by Gasteiger charge is 2.07. The molecule has 4 nitrogen and oxygen atoms in total. The van der Waals surface area contributed by atoms with E-state index in [0.29, 0.717) is 25.5 Å². The molecule has 0 bridgehead atoms. The van der Waals surface area contributed by atoms with Crippen molar-refractivity contribution in [2.24, 2.45) is 11.7 Å². The zero-order valence-electron chi connectivity index (χ0n) is 11.1. The van der Waals surface area contributed by atoms with E-state index in [1.165, 1.54) is 0 Å². The first-order valence-electron chi connectivity index (χ1n) is 6.38. The Balaban J connectivity index is 2.45. The zero-order chi connectivity index (χ0) is 13.4. The van der Waals surface area contributed by atoms with Crippen LogP contribution in [-0.2, 0) is 4.79 Å². The number of nitrogens with two attached hydrogens (primary N) is 1. The number of benzene rings is 1. The summed E-state index contributed by atoms with van der Waals surface area (Å²) in [6.45, 7) is 5.15. The number of hydrogen-bond acceptors (Lipinski definition) is 3. The van der Waals surface area contributed by atoms with Crippen LogP contribution in [0.15, 0.2) is 24.3 Å². The van der Waals surface area contributed by atoms with Gasteiger partial charge in [0.1, 0.15) is 12.4 Å². The molecule has 1 aromatic rings. The second-order valence-corrected chi connectivity index (χ2v) is 4.43. The fraction of sp³-hybridized carbons (Fsp3) is 0.500. The number of rotatable bonds is 7. The first-order valence-corrected chi connectivity index (χ1v) is 6.38. The van der Waals surface area contributed by atoms with E-state index < -0.39 is 0 Å². The predicted octanol–water partition coefficient (Wildman–Crippen LogP) is 2.40. The summed E-state index contributed by atoms with van der Waals surface area (Å²) in [5.41, 5.74) is 6.14. The molecule has 0 aromatic heterocycles. The molecule has 100 valence electrons. The van der Waals surface area contributed by atoms with Crippen molar-refractivity contribution in [3.05, 3.63) is 24.3 Å². The molecule has 0 heterocycles. The first kappa shape index (κ1) is 14.5. The van der Waals surface area contributed by atoms with E-state index in [-0.39, 0.29) is 5.91 Å². The molecular formula is C14H22N2O2. The van der Waals surface area contributed by atoms with Crippen molar-refractivity contribution in [1.29, 1.82) is 0 Å². The Bertz CT molecular complexity index is 363. The summed E-state index contributed by atoms with van der Waals surface area (Å²) < 4.78 is 5.36. The molecule has 0 spiro atoms. The van der Waals surface area contributed by atoms with E-state index >= 15 is 0 Å². The highest BCUT2D eigenvalue weighted by molar-refractivity contribution is 5.90. The second-order valence-electron chi connectivity index (χ2n) is 4.43. The summed E-state index contributed by atoms with van der Waals surface area (Å²) in [5.74, 6) is 1.23. The van der Waals surface area contributed by atoms with Gasteiger partial charge in [-0.15, -0.1) is 0 Å². The summed E-state index contributed by atoms with van der Waals surface area (Å²) in [4.78, 5) is 11.7. The van der Waals surface area contributed by atoms with Gasteiger partial charge >= 0.3 is 0 Å². The third-order valence-electron chi connectivity index (χ3n) is 2.76. The lowest BCUT2D eigenvalue weighted by atomic mass is 10.1. The summed E-state index contributed by atoms with van der Waals surface area (Å²) in [7, 11) is 0. The lowest BCUT2D eigenvalue weighted by Crippen LogP contribution is -2.14. The molecule has 0 radical (unpaired) electrons. The molecule has 0 aliphatic carbocycles. The van der Waals surface area contributed by atoms with Crippen molar-refractivity contribution < 1.29 is 9.53 Å². The molecule has 4 heteroatoms. The van der Waals surface area contributed by atoms with Gasteiger partial charge in [0.05, 0.1) is 0 Å². The van der Waals surface area contributed by atoms with Gasteiger partial charge in [-0.05, 0) is 30.2 Å². The van der Waals surface area contributed by atoms with Crippen LogP contribution in [0.3, 0.4) is 0 Å². The van der Waals surface area contributed by atoms with E-state index in [0.717, 1.165) is 17.9 Å². The molecule has 1 aromatic carbocycles. The number of anilines is 1. The standard InChI is InChI=1S/C14H22N2O2/c1-3-11(2)10-14(17)16-12-4-6-13(7-5-12)18-9-8-15/h4-7,11H,3,8-10,15H2,1-2H3,(H,16,17). The normalized spacial score (nSPS) is 11.9.